The van der Waals surface area contributed by atoms with E-state index in [9.17, 15) is 8.42 Å². The molecule has 8 heteroatoms. The number of aromatic nitrogens is 2. The van der Waals surface area contributed by atoms with Crippen molar-refractivity contribution < 1.29 is 13.2 Å². The van der Waals surface area contributed by atoms with E-state index in [-0.39, 0.29) is 5.03 Å². The molecular formula is C15H20ClN3O3S. The molecule has 0 aliphatic rings. The first-order valence-electron chi connectivity index (χ1n) is 7.15. The van der Waals surface area contributed by atoms with Crippen molar-refractivity contribution >= 4 is 21.6 Å². The van der Waals surface area contributed by atoms with Crippen LogP contribution in [0.2, 0.25) is 5.02 Å². The molecule has 1 aromatic carbocycles. The van der Waals surface area contributed by atoms with Gasteiger partial charge in [0, 0.05) is 31.9 Å². The number of aryl methyl sites for hydroxylation is 2. The Kier molecular flexibility index (Phi) is 5.67. The Balaban J connectivity index is 1.87. The maximum atomic E-state index is 12.4. The molecule has 2 rings (SSSR count). The second-order valence-corrected chi connectivity index (χ2v) is 7.65. The zero-order valence-corrected chi connectivity index (χ0v) is 14.9. The predicted octanol–water partition coefficient (Wildman–Crippen LogP) is 2.47. The van der Waals surface area contributed by atoms with Gasteiger partial charge in [-0.05, 0) is 31.5 Å². The first-order chi connectivity index (χ1) is 10.8. The van der Waals surface area contributed by atoms with Gasteiger partial charge in [-0.2, -0.15) is 4.31 Å². The zero-order valence-electron chi connectivity index (χ0n) is 13.4. The van der Waals surface area contributed by atoms with Gasteiger partial charge in [-0.1, -0.05) is 17.7 Å². The molecule has 23 heavy (non-hydrogen) atoms. The Labute approximate surface area is 141 Å². The number of imidazole rings is 1. The Hall–Kier alpha value is -1.57. The van der Waals surface area contributed by atoms with Crippen molar-refractivity contribution in [2.75, 3.05) is 20.2 Å². The van der Waals surface area contributed by atoms with Crippen molar-refractivity contribution in [3.63, 3.8) is 0 Å². The van der Waals surface area contributed by atoms with Gasteiger partial charge in [0.2, 0.25) is 0 Å². The van der Waals surface area contributed by atoms with Gasteiger partial charge in [0.05, 0.1) is 6.61 Å². The van der Waals surface area contributed by atoms with E-state index >= 15 is 0 Å². The first-order valence-corrected chi connectivity index (χ1v) is 8.97. The molecule has 0 aliphatic heterocycles. The summed E-state index contributed by atoms with van der Waals surface area (Å²) in [6, 6.07) is 7.10. The average Bonchev–Trinajstić information content (AvgIpc) is 2.84. The van der Waals surface area contributed by atoms with Crippen molar-refractivity contribution in [1.29, 1.82) is 0 Å². The Morgan fingerprint density at radius 2 is 2.13 bits per heavy atom. The monoisotopic (exact) mass is 357 g/mol. The lowest BCUT2D eigenvalue weighted by Gasteiger charge is -2.15. The summed E-state index contributed by atoms with van der Waals surface area (Å²) in [7, 11) is -0.263. The number of sulfonamides is 1. The van der Waals surface area contributed by atoms with Crippen LogP contribution in [-0.4, -0.2) is 42.5 Å². The van der Waals surface area contributed by atoms with Crippen LogP contribution >= 0.6 is 11.6 Å². The van der Waals surface area contributed by atoms with E-state index in [0.717, 1.165) is 0 Å². The highest BCUT2D eigenvalue weighted by Crippen LogP contribution is 2.17. The van der Waals surface area contributed by atoms with Crippen LogP contribution < -0.4 is 4.74 Å². The smallest absolute Gasteiger partial charge is 0.261 e. The number of halogens is 1. The number of hydrogen-bond acceptors (Lipinski definition) is 4. The molecule has 0 amide bonds. The van der Waals surface area contributed by atoms with E-state index in [1.807, 2.05) is 6.07 Å². The van der Waals surface area contributed by atoms with Crippen LogP contribution in [0.25, 0.3) is 0 Å². The molecule has 0 radical (unpaired) electrons. The molecule has 0 saturated heterocycles. The van der Waals surface area contributed by atoms with E-state index in [1.165, 1.54) is 10.5 Å². The standard InChI is InChI=1S/C15H20ClN3O3S/c1-12-17-15(11-18(12)2)23(20,21)19(3)8-5-9-22-14-7-4-6-13(16)10-14/h4,6-7,10-11H,5,8-9H2,1-3H3. The van der Waals surface area contributed by atoms with Gasteiger partial charge in [0.15, 0.2) is 5.03 Å². The molecule has 1 heterocycles. The maximum Gasteiger partial charge on any atom is 0.261 e. The molecule has 0 aliphatic carbocycles. The topological polar surface area (TPSA) is 64.4 Å². The highest BCUT2D eigenvalue weighted by Gasteiger charge is 2.23. The average molecular weight is 358 g/mol. The fourth-order valence-corrected chi connectivity index (χ4v) is 3.37. The van der Waals surface area contributed by atoms with Gasteiger partial charge >= 0.3 is 0 Å². The molecule has 0 fully saturated rings. The number of ether oxygens (including phenoxy) is 1. The summed E-state index contributed by atoms with van der Waals surface area (Å²) >= 11 is 5.87. The maximum absolute atomic E-state index is 12.4. The minimum atomic E-state index is -3.57. The van der Waals surface area contributed by atoms with Crippen LogP contribution in [0.3, 0.4) is 0 Å². The fourth-order valence-electron chi connectivity index (χ4n) is 1.96. The van der Waals surface area contributed by atoms with Crippen LogP contribution in [0.15, 0.2) is 35.5 Å². The van der Waals surface area contributed by atoms with Crippen molar-refractivity contribution in [2.24, 2.45) is 7.05 Å². The van der Waals surface area contributed by atoms with Gasteiger partial charge in [-0.3, -0.25) is 0 Å². The van der Waals surface area contributed by atoms with Crippen LogP contribution in [-0.2, 0) is 17.1 Å². The minimum absolute atomic E-state index is 0.0655. The predicted molar refractivity (Wildman–Crippen MR) is 89.3 cm³/mol. The lowest BCUT2D eigenvalue weighted by atomic mass is 10.3. The summed E-state index contributed by atoms with van der Waals surface area (Å²) in [5, 5.41) is 0.670. The molecule has 2 aromatic rings. The van der Waals surface area contributed by atoms with Gasteiger partial charge in [-0.15, -0.1) is 0 Å². The Morgan fingerprint density at radius 3 is 2.74 bits per heavy atom. The van der Waals surface area contributed by atoms with Crippen molar-refractivity contribution in [3.8, 4) is 5.75 Å². The van der Waals surface area contributed by atoms with E-state index in [0.29, 0.717) is 36.2 Å². The Bertz CT molecular complexity index is 755. The third kappa shape index (κ3) is 4.46. The van der Waals surface area contributed by atoms with Crippen molar-refractivity contribution in [3.05, 3.63) is 41.3 Å². The summed E-state index contributed by atoms with van der Waals surface area (Å²) in [6.07, 6.45) is 2.08. The molecular weight excluding hydrogens is 338 g/mol. The summed E-state index contributed by atoms with van der Waals surface area (Å²) in [5.74, 6) is 1.32. The fraction of sp³-hybridized carbons (Fsp3) is 0.400. The quantitative estimate of drug-likeness (QED) is 0.714. The Morgan fingerprint density at radius 1 is 1.39 bits per heavy atom. The SMILES string of the molecule is Cc1nc(S(=O)(=O)N(C)CCCOc2cccc(Cl)c2)cn1C. The van der Waals surface area contributed by atoms with Crippen LogP contribution in [0.4, 0.5) is 0 Å². The summed E-state index contributed by atoms with van der Waals surface area (Å²) < 4.78 is 33.3. The van der Waals surface area contributed by atoms with Gasteiger partial charge < -0.3 is 9.30 Å². The molecule has 0 saturated carbocycles. The minimum Gasteiger partial charge on any atom is -0.493 e. The molecule has 6 nitrogen and oxygen atoms in total. The molecule has 0 atom stereocenters. The number of rotatable bonds is 7. The van der Waals surface area contributed by atoms with E-state index in [2.05, 4.69) is 4.98 Å². The van der Waals surface area contributed by atoms with E-state index < -0.39 is 10.0 Å². The first kappa shape index (κ1) is 17.8. The van der Waals surface area contributed by atoms with Crippen molar-refractivity contribution in [2.45, 2.75) is 18.4 Å². The second kappa shape index (κ2) is 7.33. The second-order valence-electron chi connectivity index (χ2n) is 5.22. The largest absolute Gasteiger partial charge is 0.493 e. The molecule has 0 spiro atoms. The highest BCUT2D eigenvalue weighted by molar-refractivity contribution is 7.89. The van der Waals surface area contributed by atoms with Crippen LogP contribution in [0.1, 0.15) is 12.2 Å². The van der Waals surface area contributed by atoms with Crippen LogP contribution in [0.5, 0.6) is 5.75 Å². The summed E-state index contributed by atoms with van der Waals surface area (Å²) in [5.41, 5.74) is 0. The zero-order chi connectivity index (χ0) is 17.0. The lowest BCUT2D eigenvalue weighted by Crippen LogP contribution is -2.29. The number of hydrogen-bond donors (Lipinski definition) is 0. The molecule has 126 valence electrons. The molecule has 0 unspecified atom stereocenters. The summed E-state index contributed by atoms with van der Waals surface area (Å²) in [6.45, 7) is 2.51. The van der Waals surface area contributed by atoms with E-state index in [1.54, 1.807) is 43.8 Å². The lowest BCUT2D eigenvalue weighted by molar-refractivity contribution is 0.296. The molecule has 1 aromatic heterocycles. The van der Waals surface area contributed by atoms with E-state index in [4.69, 9.17) is 16.3 Å². The summed E-state index contributed by atoms with van der Waals surface area (Å²) in [4.78, 5) is 4.08. The third-order valence-corrected chi connectivity index (χ3v) is 5.41. The number of nitrogens with zero attached hydrogens (tertiary/aromatic N) is 3. The van der Waals surface area contributed by atoms with Crippen molar-refractivity contribution in [1.82, 2.24) is 13.9 Å². The number of benzene rings is 1. The molecule has 0 bridgehead atoms. The molecule has 0 N–H and O–H groups in total. The third-order valence-electron chi connectivity index (χ3n) is 3.44. The van der Waals surface area contributed by atoms with Gasteiger partial charge in [0.1, 0.15) is 11.6 Å². The van der Waals surface area contributed by atoms with Crippen LogP contribution in [0, 0.1) is 6.92 Å². The van der Waals surface area contributed by atoms with Gasteiger partial charge in [0.25, 0.3) is 10.0 Å². The normalized spacial score (nSPS) is 11.9. The highest BCUT2D eigenvalue weighted by atomic mass is 35.5. The van der Waals surface area contributed by atoms with Gasteiger partial charge in [-0.25, -0.2) is 13.4 Å².